The normalized spacial score (nSPS) is 11.6. The number of benzene rings is 7. The molecule has 0 fully saturated rings. The van der Waals surface area contributed by atoms with E-state index in [4.69, 9.17) is 11.6 Å². The van der Waals surface area contributed by atoms with E-state index in [0.29, 0.717) is 0 Å². The Morgan fingerprint density at radius 3 is 1.87 bits per heavy atom. The van der Waals surface area contributed by atoms with Gasteiger partial charge >= 0.3 is 0 Å². The van der Waals surface area contributed by atoms with Crippen molar-refractivity contribution in [1.82, 2.24) is 4.57 Å². The summed E-state index contributed by atoms with van der Waals surface area (Å²) in [5.41, 5.74) is 9.27. The summed E-state index contributed by atoms with van der Waals surface area (Å²) in [7, 11) is 0. The van der Waals surface area contributed by atoms with E-state index < -0.39 is 0 Å². The maximum absolute atomic E-state index is 6.37. The lowest BCUT2D eigenvalue weighted by molar-refractivity contribution is 1.18. The number of hydrogen-bond acceptors (Lipinski definition) is 2. The van der Waals surface area contributed by atoms with Gasteiger partial charge in [-0.1, -0.05) is 96.5 Å². The van der Waals surface area contributed by atoms with Crippen molar-refractivity contribution in [1.29, 1.82) is 0 Å². The number of thiophene rings is 1. The lowest BCUT2D eigenvalue weighted by Crippen LogP contribution is -2.09. The van der Waals surface area contributed by atoms with Crippen LogP contribution in [0, 0.1) is 0 Å². The molecule has 9 aromatic rings. The highest BCUT2D eigenvalue weighted by molar-refractivity contribution is 7.25. The van der Waals surface area contributed by atoms with Crippen LogP contribution in [0.3, 0.4) is 0 Å². The van der Waals surface area contributed by atoms with Crippen molar-refractivity contribution in [2.75, 3.05) is 4.90 Å². The highest BCUT2D eigenvalue weighted by Crippen LogP contribution is 2.43. The van der Waals surface area contributed by atoms with Crippen LogP contribution in [0.1, 0.15) is 0 Å². The van der Waals surface area contributed by atoms with Gasteiger partial charge < -0.3 is 9.47 Å². The molecular weight excluding hydrogens is 600 g/mol. The molecular formula is C42H27ClN2S. The zero-order valence-electron chi connectivity index (χ0n) is 24.8. The Hall–Kier alpha value is -5.35. The summed E-state index contributed by atoms with van der Waals surface area (Å²) in [4.78, 5) is 2.38. The van der Waals surface area contributed by atoms with Crippen molar-refractivity contribution in [3.8, 4) is 16.8 Å². The summed E-state index contributed by atoms with van der Waals surface area (Å²) < 4.78 is 4.82. The van der Waals surface area contributed by atoms with Gasteiger partial charge in [0, 0.05) is 58.7 Å². The van der Waals surface area contributed by atoms with E-state index in [0.717, 1.165) is 27.8 Å². The van der Waals surface area contributed by atoms with Gasteiger partial charge in [0.1, 0.15) is 0 Å². The van der Waals surface area contributed by atoms with E-state index in [1.165, 1.54) is 53.1 Å². The Labute approximate surface area is 276 Å². The topological polar surface area (TPSA) is 8.17 Å². The zero-order chi connectivity index (χ0) is 30.6. The molecule has 7 aromatic carbocycles. The largest absolute Gasteiger partial charge is 0.310 e. The first kappa shape index (κ1) is 27.0. The second-order valence-electron chi connectivity index (χ2n) is 11.6. The third kappa shape index (κ3) is 4.47. The molecule has 0 spiro atoms. The minimum Gasteiger partial charge on any atom is -0.310 e. The smallest absolute Gasteiger partial charge is 0.0542 e. The minimum atomic E-state index is 0.766. The Morgan fingerprint density at radius 2 is 1.07 bits per heavy atom. The van der Waals surface area contributed by atoms with Crippen LogP contribution in [0.2, 0.25) is 5.02 Å². The zero-order valence-corrected chi connectivity index (χ0v) is 26.3. The number of anilines is 3. The van der Waals surface area contributed by atoms with E-state index in [2.05, 4.69) is 167 Å². The molecule has 0 radical (unpaired) electrons. The van der Waals surface area contributed by atoms with Crippen LogP contribution < -0.4 is 4.90 Å². The van der Waals surface area contributed by atoms with Crippen LogP contribution in [-0.4, -0.2) is 4.57 Å². The Kier molecular flexibility index (Phi) is 6.41. The summed E-state index contributed by atoms with van der Waals surface area (Å²) in [6.07, 6.45) is 0. The maximum Gasteiger partial charge on any atom is 0.0542 e. The number of aromatic nitrogens is 1. The van der Waals surface area contributed by atoms with Gasteiger partial charge in [-0.2, -0.15) is 0 Å². The van der Waals surface area contributed by atoms with Gasteiger partial charge in [0.2, 0.25) is 0 Å². The molecule has 0 aliphatic carbocycles. The monoisotopic (exact) mass is 626 g/mol. The van der Waals surface area contributed by atoms with Gasteiger partial charge in [-0.25, -0.2) is 0 Å². The Morgan fingerprint density at radius 1 is 0.435 bits per heavy atom. The van der Waals surface area contributed by atoms with Gasteiger partial charge in [0.15, 0.2) is 0 Å². The molecule has 2 heterocycles. The fraction of sp³-hybridized carbons (Fsp3) is 0. The lowest BCUT2D eigenvalue weighted by Gasteiger charge is -2.26. The van der Waals surface area contributed by atoms with Crippen LogP contribution in [0.15, 0.2) is 164 Å². The minimum absolute atomic E-state index is 0.766. The molecule has 0 saturated heterocycles. The molecule has 0 N–H and O–H groups in total. The number of rotatable bonds is 5. The molecule has 218 valence electrons. The number of para-hydroxylation sites is 2. The fourth-order valence-corrected chi connectivity index (χ4v) is 8.08. The molecule has 0 unspecified atom stereocenters. The van der Waals surface area contributed by atoms with Crippen molar-refractivity contribution >= 4 is 82.0 Å². The van der Waals surface area contributed by atoms with E-state index in [9.17, 15) is 0 Å². The first-order valence-electron chi connectivity index (χ1n) is 15.4. The molecule has 2 aromatic heterocycles. The summed E-state index contributed by atoms with van der Waals surface area (Å²) >= 11 is 8.16. The molecule has 0 saturated carbocycles. The van der Waals surface area contributed by atoms with Crippen molar-refractivity contribution in [3.63, 3.8) is 0 Å². The van der Waals surface area contributed by atoms with E-state index in [1.54, 1.807) is 11.3 Å². The van der Waals surface area contributed by atoms with Gasteiger partial charge in [-0.3, -0.25) is 0 Å². The second-order valence-corrected chi connectivity index (χ2v) is 13.1. The van der Waals surface area contributed by atoms with Crippen molar-refractivity contribution in [2.24, 2.45) is 0 Å². The number of fused-ring (bicyclic) bond motifs is 6. The average molecular weight is 627 g/mol. The molecule has 0 aliphatic heterocycles. The molecule has 0 amide bonds. The maximum atomic E-state index is 6.37. The quantitative estimate of drug-likeness (QED) is 0.184. The second kappa shape index (κ2) is 10.9. The Balaban J connectivity index is 1.26. The SMILES string of the molecule is Clc1ccc2c(c1)sc1ccc(N(c3ccc(-c4ccccc4)cc3)c3ccc4c(c3)c3ccccc3n4-c3ccccc3)cc12. The first-order chi connectivity index (χ1) is 22.7. The van der Waals surface area contributed by atoms with Crippen molar-refractivity contribution in [3.05, 3.63) is 169 Å². The highest BCUT2D eigenvalue weighted by Gasteiger charge is 2.18. The summed E-state index contributed by atoms with van der Waals surface area (Å²) in [6, 6.07) is 58.6. The van der Waals surface area contributed by atoms with Crippen LogP contribution in [0.5, 0.6) is 0 Å². The van der Waals surface area contributed by atoms with Crippen LogP contribution >= 0.6 is 22.9 Å². The van der Waals surface area contributed by atoms with Crippen LogP contribution in [-0.2, 0) is 0 Å². The predicted molar refractivity (Wildman–Crippen MR) is 199 cm³/mol. The van der Waals surface area contributed by atoms with Gasteiger partial charge in [0.25, 0.3) is 0 Å². The summed E-state index contributed by atoms with van der Waals surface area (Å²) in [5.74, 6) is 0. The summed E-state index contributed by atoms with van der Waals surface area (Å²) in [5, 5.41) is 5.69. The molecule has 4 heteroatoms. The van der Waals surface area contributed by atoms with Gasteiger partial charge in [-0.15, -0.1) is 11.3 Å². The van der Waals surface area contributed by atoms with E-state index in [1.807, 2.05) is 6.07 Å². The average Bonchev–Trinajstić information content (AvgIpc) is 3.64. The molecule has 2 nitrogen and oxygen atoms in total. The number of hydrogen-bond donors (Lipinski definition) is 0. The number of nitrogens with zero attached hydrogens (tertiary/aromatic N) is 2. The van der Waals surface area contributed by atoms with E-state index in [-0.39, 0.29) is 0 Å². The molecule has 0 atom stereocenters. The predicted octanol–water partition coefficient (Wildman–Crippen LogP) is 12.9. The van der Waals surface area contributed by atoms with Crippen LogP contribution in [0.4, 0.5) is 17.1 Å². The first-order valence-corrected chi connectivity index (χ1v) is 16.6. The standard InChI is InChI=1S/C42H27ClN2S/c43-30-17-22-36-38-27-34(21-24-41(38)46-42(36)25-30)44(32-18-15-29(16-19-32)28-9-3-1-4-10-28)33-20-23-40-37(26-33)35-13-7-8-14-39(35)45(40)31-11-5-2-6-12-31/h1-27H. The van der Waals surface area contributed by atoms with Gasteiger partial charge in [0.05, 0.1) is 11.0 Å². The van der Waals surface area contributed by atoms with E-state index >= 15 is 0 Å². The molecule has 0 aliphatic rings. The van der Waals surface area contributed by atoms with Gasteiger partial charge in [-0.05, 0) is 90.0 Å². The highest BCUT2D eigenvalue weighted by atomic mass is 35.5. The third-order valence-corrected chi connectivity index (χ3v) is 10.2. The third-order valence-electron chi connectivity index (χ3n) is 8.84. The van der Waals surface area contributed by atoms with Crippen LogP contribution in [0.25, 0.3) is 58.8 Å². The van der Waals surface area contributed by atoms with Crippen molar-refractivity contribution in [2.45, 2.75) is 0 Å². The molecule has 46 heavy (non-hydrogen) atoms. The number of halogens is 1. The summed E-state index contributed by atoms with van der Waals surface area (Å²) in [6.45, 7) is 0. The fourth-order valence-electron chi connectivity index (χ4n) is 6.71. The lowest BCUT2D eigenvalue weighted by atomic mass is 10.0. The molecule has 9 rings (SSSR count). The van der Waals surface area contributed by atoms with Crippen molar-refractivity contribution < 1.29 is 0 Å². The Bertz CT molecular complexity index is 2530. The molecule has 0 bridgehead atoms.